The van der Waals surface area contributed by atoms with Crippen molar-refractivity contribution in [3.8, 4) is 0 Å². The highest BCUT2D eigenvalue weighted by Gasteiger charge is 2.47. The average Bonchev–Trinajstić information content (AvgIpc) is 2.90. The lowest BCUT2D eigenvalue weighted by Crippen LogP contribution is -3.00. The van der Waals surface area contributed by atoms with Gasteiger partial charge in [-0.15, -0.1) is 0 Å². The number of amides is 2. The number of nitrogen functional groups attached to an aromatic ring is 2. The normalized spacial score (nSPS) is 22.2. The number of hydrogen-bond donors (Lipinski definition) is 5. The van der Waals surface area contributed by atoms with Crippen molar-refractivity contribution in [3.63, 3.8) is 0 Å². The van der Waals surface area contributed by atoms with Gasteiger partial charge in [0, 0.05) is 19.3 Å². The number of carbonyl (C=O) groups is 3. The van der Waals surface area contributed by atoms with E-state index in [-0.39, 0.29) is 59.3 Å². The van der Waals surface area contributed by atoms with Crippen LogP contribution in [0.1, 0.15) is 49.7 Å². The molecule has 15 heteroatoms. The summed E-state index contributed by atoms with van der Waals surface area (Å²) in [6.45, 7) is 7.83. The van der Waals surface area contributed by atoms with E-state index in [1.54, 1.807) is 20.8 Å². The summed E-state index contributed by atoms with van der Waals surface area (Å²) in [6, 6.07) is 8.58. The number of nitrogens with one attached hydrogen (secondary N) is 2. The molecule has 0 spiro atoms. The van der Waals surface area contributed by atoms with Crippen LogP contribution >= 0.6 is 11.6 Å². The van der Waals surface area contributed by atoms with Crippen LogP contribution in [0.15, 0.2) is 35.3 Å². The molecule has 1 aromatic heterocycles. The molecule has 13 nitrogen and oxygen atoms in total. The first-order valence-electron chi connectivity index (χ1n) is 13.9. The Labute approximate surface area is 262 Å². The van der Waals surface area contributed by atoms with Gasteiger partial charge in [-0.3, -0.25) is 9.59 Å². The molecule has 3 saturated heterocycles. The summed E-state index contributed by atoms with van der Waals surface area (Å²) in [5.41, 5.74) is 17.4. The van der Waals surface area contributed by atoms with Crippen molar-refractivity contribution in [2.75, 3.05) is 37.6 Å². The number of nitrogens with two attached hydrogens (primary N) is 3. The van der Waals surface area contributed by atoms with Crippen molar-refractivity contribution in [3.05, 3.63) is 46.7 Å². The van der Waals surface area contributed by atoms with Crippen LogP contribution in [-0.2, 0) is 20.7 Å². The van der Waals surface area contributed by atoms with E-state index >= 15 is 0 Å². The smallest absolute Gasteiger partial charge is 0.329 e. The fraction of sp³-hybridized carbons (Fsp3) is 0.500. The molecule has 2 atom stereocenters. The van der Waals surface area contributed by atoms with Gasteiger partial charge >= 0.3 is 11.9 Å². The van der Waals surface area contributed by atoms with E-state index in [1.807, 2.05) is 30.3 Å². The number of hydrogen-bond acceptors (Lipinski definition) is 8. The van der Waals surface area contributed by atoms with Gasteiger partial charge in [-0.05, 0) is 32.3 Å². The van der Waals surface area contributed by atoms with E-state index in [2.05, 4.69) is 25.6 Å². The van der Waals surface area contributed by atoms with Crippen LogP contribution in [0.25, 0.3) is 0 Å². The highest BCUT2D eigenvalue weighted by Crippen LogP contribution is 2.34. The first-order chi connectivity index (χ1) is 19.7. The topological polar surface area (TPSA) is 201 Å². The average molecular weight is 637 g/mol. The highest BCUT2D eigenvalue weighted by atomic mass is 35.5. The molecule has 0 unspecified atom stereocenters. The van der Waals surface area contributed by atoms with Gasteiger partial charge in [0.25, 0.3) is 5.91 Å². The Morgan fingerprint density at radius 2 is 1.77 bits per heavy atom. The highest BCUT2D eigenvalue weighted by molar-refractivity contribution is 6.31. The Morgan fingerprint density at radius 3 is 2.40 bits per heavy atom. The van der Waals surface area contributed by atoms with E-state index in [0.717, 1.165) is 31.5 Å². The van der Waals surface area contributed by atoms with E-state index in [4.69, 9.17) is 33.5 Å². The lowest BCUT2D eigenvalue weighted by atomic mass is 9.81. The fourth-order valence-corrected chi connectivity index (χ4v) is 5.74. The lowest BCUT2D eigenvalue weighted by molar-refractivity contribution is -0.936. The minimum absolute atomic E-state index is 0. The van der Waals surface area contributed by atoms with Crippen molar-refractivity contribution >= 4 is 47.0 Å². The van der Waals surface area contributed by atoms with Gasteiger partial charge in [-0.2, -0.15) is 4.99 Å². The van der Waals surface area contributed by atoms with E-state index < -0.39 is 23.5 Å². The molecule has 234 valence electrons. The molecule has 4 heterocycles. The van der Waals surface area contributed by atoms with E-state index in [0.29, 0.717) is 23.4 Å². The third-order valence-electron chi connectivity index (χ3n) is 7.55. The number of aromatic nitrogens is 2. The molecule has 2 amide bonds. The van der Waals surface area contributed by atoms with Gasteiger partial charge in [0.2, 0.25) is 0 Å². The first kappa shape index (κ1) is 33.8. The molecule has 5 rings (SSSR count). The number of piperidine rings is 3. The number of halogens is 2. The van der Waals surface area contributed by atoms with Crippen LogP contribution in [0.3, 0.4) is 0 Å². The molecule has 3 fully saturated rings. The Morgan fingerprint density at radius 1 is 1.12 bits per heavy atom. The summed E-state index contributed by atoms with van der Waals surface area (Å²) in [4.78, 5) is 50.6. The van der Waals surface area contributed by atoms with E-state index in [1.165, 1.54) is 0 Å². The lowest BCUT2D eigenvalue weighted by Gasteiger charge is -2.52. The summed E-state index contributed by atoms with van der Waals surface area (Å²) >= 11 is 5.88. The maximum absolute atomic E-state index is 13.4. The largest absolute Gasteiger partial charge is 1.00 e. The Bertz CT molecular complexity index is 1360. The van der Waals surface area contributed by atoms with Gasteiger partial charge in [0.05, 0.1) is 25.7 Å². The number of esters is 1. The van der Waals surface area contributed by atoms with Crippen LogP contribution in [0, 0.1) is 5.92 Å². The number of rotatable bonds is 8. The number of ether oxygens (including phenoxy) is 1. The Balaban J connectivity index is 0.00000506. The first-order valence-corrected chi connectivity index (χ1v) is 14.3. The van der Waals surface area contributed by atoms with Gasteiger partial charge in [0.1, 0.15) is 11.6 Å². The molecule has 1 aromatic carbocycles. The Hall–Kier alpha value is -3.68. The quantitative estimate of drug-likeness (QED) is 0.0936. The van der Waals surface area contributed by atoms with Crippen molar-refractivity contribution in [2.24, 2.45) is 16.6 Å². The van der Waals surface area contributed by atoms with E-state index in [9.17, 15) is 14.4 Å². The standard InChI is InChI=1S/C28H38ClN9O4.ClH/c1-28(2,3)42-26(41)18(13-16-7-5-4-6-8-16)33-20(39)15-38-11-9-17(10-12-38)19(14-38)34-27(32)37-25(40)21-23(30)36-24(31)22(29)35-21;/h4-8,17-19H,9-15H2,1-3H3,(H7-,30,31,32,33,34,36,37,39,40);1H/t17?,18-,19-,38?;/m1./s1. The molecule has 43 heavy (non-hydrogen) atoms. The summed E-state index contributed by atoms with van der Waals surface area (Å²) in [6.07, 6.45) is 2.07. The monoisotopic (exact) mass is 635 g/mol. The summed E-state index contributed by atoms with van der Waals surface area (Å²) in [5, 5.41) is 5.93. The number of benzene rings is 1. The molecule has 3 aliphatic rings. The van der Waals surface area contributed by atoms with Crippen molar-refractivity contribution < 1.29 is 36.0 Å². The predicted octanol–water partition coefficient (Wildman–Crippen LogP) is -1.98. The van der Waals surface area contributed by atoms with Crippen LogP contribution in [0.4, 0.5) is 11.6 Å². The second kappa shape index (κ2) is 13.7. The third-order valence-corrected chi connectivity index (χ3v) is 7.83. The van der Waals surface area contributed by atoms with Gasteiger partial charge < -0.3 is 49.5 Å². The van der Waals surface area contributed by atoms with Crippen LogP contribution in [-0.4, -0.2) is 82.1 Å². The molecular formula is C28H39Cl2N9O4. The van der Waals surface area contributed by atoms with Crippen molar-refractivity contribution in [2.45, 2.75) is 57.7 Å². The van der Waals surface area contributed by atoms with Crippen LogP contribution < -0.4 is 40.2 Å². The molecule has 2 aromatic rings. The predicted molar refractivity (Wildman–Crippen MR) is 159 cm³/mol. The van der Waals surface area contributed by atoms with Gasteiger partial charge in [-0.25, -0.2) is 14.8 Å². The molecule has 0 radical (unpaired) electrons. The zero-order valence-corrected chi connectivity index (χ0v) is 26.0. The van der Waals surface area contributed by atoms with Crippen molar-refractivity contribution in [1.29, 1.82) is 0 Å². The molecule has 0 saturated carbocycles. The summed E-state index contributed by atoms with van der Waals surface area (Å²) < 4.78 is 6.14. The number of aliphatic imine (C=N–C) groups is 1. The van der Waals surface area contributed by atoms with Gasteiger partial charge in [-0.1, -0.05) is 41.9 Å². The molecule has 3 aliphatic heterocycles. The number of anilines is 2. The number of quaternary nitrogens is 1. The molecule has 2 bridgehead atoms. The maximum Gasteiger partial charge on any atom is 0.329 e. The SMILES string of the molecule is CC(C)(C)OC(=O)[C@@H](Cc1ccccc1)NC(=O)C[N+]12CCC(CC1)[C@H](NC(N)=NC(=O)c1nc(Cl)c(N)nc1N)C2.[Cl-]. The molecule has 0 aliphatic carbocycles. The zero-order chi connectivity index (χ0) is 30.7. The van der Waals surface area contributed by atoms with Gasteiger partial charge in [0.15, 0.2) is 35.0 Å². The maximum atomic E-state index is 13.4. The second-order valence-electron chi connectivity index (χ2n) is 12.0. The van der Waals surface area contributed by atoms with Crippen LogP contribution in [0.5, 0.6) is 0 Å². The number of nitrogens with zero attached hydrogens (tertiary/aromatic N) is 4. The van der Waals surface area contributed by atoms with Crippen LogP contribution in [0.2, 0.25) is 5.15 Å². The zero-order valence-electron chi connectivity index (χ0n) is 24.5. The molecular weight excluding hydrogens is 597 g/mol. The Kier molecular flexibility index (Phi) is 10.8. The third kappa shape index (κ3) is 8.91. The number of carbonyl (C=O) groups excluding carboxylic acids is 3. The fourth-order valence-electron chi connectivity index (χ4n) is 5.62. The second-order valence-corrected chi connectivity index (χ2v) is 12.4. The summed E-state index contributed by atoms with van der Waals surface area (Å²) in [5.74, 6) is -1.59. The number of fused-ring (bicyclic) bond motifs is 3. The number of guanidine groups is 1. The minimum atomic E-state index is -0.820. The summed E-state index contributed by atoms with van der Waals surface area (Å²) in [7, 11) is 0. The minimum Gasteiger partial charge on any atom is -1.00 e. The molecule has 8 N–H and O–H groups in total. The van der Waals surface area contributed by atoms with Crippen molar-refractivity contribution in [1.82, 2.24) is 20.6 Å².